The van der Waals surface area contributed by atoms with Gasteiger partial charge in [-0.3, -0.25) is 5.43 Å². The van der Waals surface area contributed by atoms with Crippen molar-refractivity contribution in [3.8, 4) is 11.5 Å². The highest BCUT2D eigenvalue weighted by atomic mass is 35.5. The van der Waals surface area contributed by atoms with Crippen LogP contribution in [0.15, 0.2) is 47.6 Å². The molecule has 0 radical (unpaired) electrons. The van der Waals surface area contributed by atoms with Crippen LogP contribution in [-0.2, 0) is 0 Å². The molecule has 0 bridgehead atoms. The van der Waals surface area contributed by atoms with E-state index in [0.717, 1.165) is 5.56 Å². The van der Waals surface area contributed by atoms with Gasteiger partial charge in [-0.25, -0.2) is 4.79 Å². The van der Waals surface area contributed by atoms with E-state index in [9.17, 15) is 4.79 Å². The third kappa shape index (κ3) is 5.72. The van der Waals surface area contributed by atoms with Crippen LogP contribution in [-0.4, -0.2) is 31.0 Å². The molecule has 26 heavy (non-hydrogen) atoms. The Morgan fingerprint density at radius 3 is 2.62 bits per heavy atom. The molecule has 0 aromatic heterocycles. The largest absolute Gasteiger partial charge is 0.493 e. The van der Waals surface area contributed by atoms with Crippen LogP contribution in [0.2, 0.25) is 5.02 Å². The maximum absolute atomic E-state index is 12.2. The number of hydrazone groups is 1. The molecule has 0 aliphatic carbocycles. The molecule has 136 valence electrons. The topological polar surface area (TPSA) is 72.0 Å². The van der Waals surface area contributed by atoms with Crippen molar-refractivity contribution in [2.75, 3.05) is 13.7 Å². The second kappa shape index (κ2) is 9.74. The van der Waals surface area contributed by atoms with Crippen molar-refractivity contribution in [3.05, 3.63) is 58.6 Å². The Kier molecular flexibility index (Phi) is 7.37. The summed E-state index contributed by atoms with van der Waals surface area (Å²) in [6.07, 6.45) is 1.58. The second-order valence-corrected chi connectivity index (χ2v) is 5.88. The van der Waals surface area contributed by atoms with Gasteiger partial charge in [0.05, 0.1) is 18.9 Å². The lowest BCUT2D eigenvalue weighted by Gasteiger charge is -2.10. The molecule has 8 heteroatoms. The molecule has 0 aliphatic heterocycles. The highest BCUT2D eigenvalue weighted by Crippen LogP contribution is 2.28. The van der Waals surface area contributed by atoms with Crippen LogP contribution in [0.25, 0.3) is 0 Å². The fraction of sp³-hybridized carbons (Fsp3) is 0.167. The first-order valence-electron chi connectivity index (χ1n) is 7.76. The summed E-state index contributed by atoms with van der Waals surface area (Å²) < 4.78 is 10.7. The molecule has 0 aliphatic rings. The van der Waals surface area contributed by atoms with Crippen LogP contribution in [0.1, 0.15) is 22.8 Å². The van der Waals surface area contributed by atoms with Crippen LogP contribution < -0.4 is 20.2 Å². The Labute approximate surface area is 162 Å². The van der Waals surface area contributed by atoms with Gasteiger partial charge in [-0.15, -0.1) is 0 Å². The van der Waals surface area contributed by atoms with Crippen molar-refractivity contribution < 1.29 is 14.3 Å². The highest BCUT2D eigenvalue weighted by Gasteiger charge is 2.12. The Morgan fingerprint density at radius 2 is 1.96 bits per heavy atom. The van der Waals surface area contributed by atoms with Gasteiger partial charge in [0, 0.05) is 11.6 Å². The fourth-order valence-corrected chi connectivity index (χ4v) is 2.28. The molecule has 6 nitrogen and oxygen atoms in total. The summed E-state index contributed by atoms with van der Waals surface area (Å²) in [6, 6.07) is 11.5. The van der Waals surface area contributed by atoms with Gasteiger partial charge in [0.2, 0.25) is 0 Å². The number of rotatable bonds is 6. The summed E-state index contributed by atoms with van der Waals surface area (Å²) in [4.78, 5) is 12.2. The van der Waals surface area contributed by atoms with E-state index in [1.54, 1.807) is 48.7 Å². The van der Waals surface area contributed by atoms with Crippen molar-refractivity contribution in [2.24, 2.45) is 5.10 Å². The number of methoxy groups -OCH3 is 1. The maximum Gasteiger partial charge on any atom is 0.343 e. The zero-order valence-corrected chi connectivity index (χ0v) is 15.9. The van der Waals surface area contributed by atoms with Crippen LogP contribution >= 0.6 is 23.8 Å². The maximum atomic E-state index is 12.2. The molecule has 2 aromatic carbocycles. The average molecular weight is 392 g/mol. The fourth-order valence-electron chi connectivity index (χ4n) is 1.96. The molecule has 2 rings (SSSR count). The van der Waals surface area contributed by atoms with Crippen LogP contribution in [0.5, 0.6) is 11.5 Å². The van der Waals surface area contributed by atoms with Gasteiger partial charge in [-0.1, -0.05) is 11.6 Å². The van der Waals surface area contributed by atoms with Gasteiger partial charge in [0.1, 0.15) is 0 Å². The average Bonchev–Trinajstić information content (AvgIpc) is 2.63. The highest BCUT2D eigenvalue weighted by molar-refractivity contribution is 7.80. The van der Waals surface area contributed by atoms with Crippen LogP contribution in [0, 0.1) is 0 Å². The van der Waals surface area contributed by atoms with E-state index in [1.807, 2.05) is 6.92 Å². The van der Waals surface area contributed by atoms with E-state index in [1.165, 1.54) is 7.11 Å². The summed E-state index contributed by atoms with van der Waals surface area (Å²) in [7, 11) is 1.49. The normalized spacial score (nSPS) is 10.4. The standard InChI is InChI=1S/C18H18ClN3O3S/c1-3-20-18(26)22-21-11-12-4-9-15(16(10-12)24-2)25-17(23)13-5-7-14(19)8-6-13/h4-11H,3H2,1-2H3,(H2,20,22,26)/b21-11-. The van der Waals surface area contributed by atoms with Crippen molar-refractivity contribution in [1.82, 2.24) is 10.7 Å². The minimum Gasteiger partial charge on any atom is -0.493 e. The summed E-state index contributed by atoms with van der Waals surface area (Å²) in [5, 5.41) is 7.93. The number of halogens is 1. The number of hydrogen-bond acceptors (Lipinski definition) is 5. The molecule has 0 heterocycles. The van der Waals surface area contributed by atoms with Gasteiger partial charge in [0.15, 0.2) is 16.6 Å². The van der Waals surface area contributed by atoms with Crippen molar-refractivity contribution in [1.29, 1.82) is 0 Å². The SMILES string of the molecule is CCNC(=S)N/N=C\c1ccc(OC(=O)c2ccc(Cl)cc2)c(OC)c1. The number of benzene rings is 2. The van der Waals surface area contributed by atoms with Crippen LogP contribution in [0.3, 0.4) is 0 Å². The number of carbonyl (C=O) groups excluding carboxylic acids is 1. The molecule has 2 aromatic rings. The first-order chi connectivity index (χ1) is 12.5. The van der Waals surface area contributed by atoms with Gasteiger partial charge in [0.25, 0.3) is 0 Å². The zero-order valence-electron chi connectivity index (χ0n) is 14.3. The molecule has 0 saturated carbocycles. The van der Waals surface area contributed by atoms with Crippen molar-refractivity contribution >= 4 is 41.1 Å². The van der Waals surface area contributed by atoms with E-state index in [2.05, 4.69) is 15.8 Å². The minimum atomic E-state index is -0.501. The lowest BCUT2D eigenvalue weighted by atomic mass is 10.2. The molecule has 0 amide bonds. The summed E-state index contributed by atoms with van der Waals surface area (Å²) in [5.74, 6) is 0.213. The smallest absolute Gasteiger partial charge is 0.343 e. The number of nitrogens with one attached hydrogen (secondary N) is 2. The lowest BCUT2D eigenvalue weighted by molar-refractivity contribution is 0.0729. The number of esters is 1. The molecule has 0 spiro atoms. The first-order valence-corrected chi connectivity index (χ1v) is 8.54. The Morgan fingerprint density at radius 1 is 1.23 bits per heavy atom. The summed E-state index contributed by atoms with van der Waals surface area (Å²) in [6.45, 7) is 2.65. The molecule has 0 fully saturated rings. The van der Waals surface area contributed by atoms with E-state index in [0.29, 0.717) is 33.7 Å². The summed E-state index contributed by atoms with van der Waals surface area (Å²) >= 11 is 10.8. The van der Waals surface area contributed by atoms with Gasteiger partial charge >= 0.3 is 5.97 Å². The minimum absolute atomic E-state index is 0.306. The van der Waals surface area contributed by atoms with Gasteiger partial charge in [-0.2, -0.15) is 5.10 Å². The zero-order chi connectivity index (χ0) is 18.9. The molecule has 0 atom stereocenters. The Hall–Kier alpha value is -2.64. The third-order valence-electron chi connectivity index (χ3n) is 3.19. The van der Waals surface area contributed by atoms with Crippen molar-refractivity contribution in [2.45, 2.75) is 6.92 Å². The Balaban J connectivity index is 2.08. The number of hydrogen-bond donors (Lipinski definition) is 2. The number of ether oxygens (including phenoxy) is 2. The number of carbonyl (C=O) groups is 1. The number of nitrogens with zero attached hydrogens (tertiary/aromatic N) is 1. The van der Waals surface area contributed by atoms with E-state index >= 15 is 0 Å². The quantitative estimate of drug-likeness (QED) is 0.258. The summed E-state index contributed by atoms with van der Waals surface area (Å²) in [5.41, 5.74) is 3.84. The Bertz CT molecular complexity index is 810. The molecular weight excluding hydrogens is 374 g/mol. The monoisotopic (exact) mass is 391 g/mol. The molecule has 0 unspecified atom stereocenters. The van der Waals surface area contributed by atoms with E-state index in [4.69, 9.17) is 33.3 Å². The lowest BCUT2D eigenvalue weighted by Crippen LogP contribution is -2.31. The molecular formula is C18H18ClN3O3S. The third-order valence-corrected chi connectivity index (χ3v) is 3.67. The van der Waals surface area contributed by atoms with E-state index in [-0.39, 0.29) is 0 Å². The molecule has 2 N–H and O–H groups in total. The van der Waals surface area contributed by atoms with Gasteiger partial charge < -0.3 is 14.8 Å². The first kappa shape index (κ1) is 19.7. The predicted octanol–water partition coefficient (Wildman–Crippen LogP) is 3.39. The number of thiocarbonyl (C=S) groups is 1. The van der Waals surface area contributed by atoms with Crippen molar-refractivity contribution in [3.63, 3.8) is 0 Å². The van der Waals surface area contributed by atoms with E-state index < -0.39 is 5.97 Å². The van der Waals surface area contributed by atoms with Gasteiger partial charge in [-0.05, 0) is 67.2 Å². The predicted molar refractivity (Wildman–Crippen MR) is 106 cm³/mol. The molecule has 0 saturated heterocycles. The van der Waals surface area contributed by atoms with Crippen LogP contribution in [0.4, 0.5) is 0 Å². The second-order valence-electron chi connectivity index (χ2n) is 5.04.